The molecule has 0 aliphatic heterocycles. The number of hydrogen-bond acceptors (Lipinski definition) is 3. The first-order valence-corrected chi connectivity index (χ1v) is 8.66. The highest BCUT2D eigenvalue weighted by molar-refractivity contribution is 5.40. The summed E-state index contributed by atoms with van der Waals surface area (Å²) in [6.07, 6.45) is -1.82. The molecule has 26 heavy (non-hydrogen) atoms. The van der Waals surface area contributed by atoms with Crippen molar-refractivity contribution in [2.75, 3.05) is 0 Å². The van der Waals surface area contributed by atoms with Crippen LogP contribution in [0.25, 0.3) is 0 Å². The maximum absolute atomic E-state index is 12.4. The van der Waals surface area contributed by atoms with Gasteiger partial charge in [0.15, 0.2) is 11.5 Å². The lowest BCUT2D eigenvalue weighted by molar-refractivity contribution is -0.275. The van der Waals surface area contributed by atoms with E-state index >= 15 is 0 Å². The third kappa shape index (κ3) is 5.95. The van der Waals surface area contributed by atoms with E-state index in [2.05, 4.69) is 18.6 Å². The Bertz CT molecular complexity index is 723. The molecule has 0 saturated heterocycles. The van der Waals surface area contributed by atoms with Crippen molar-refractivity contribution in [3.05, 3.63) is 59.2 Å². The lowest BCUT2D eigenvalue weighted by Gasteiger charge is -2.14. The minimum Gasteiger partial charge on any atom is -0.485 e. The van der Waals surface area contributed by atoms with Crippen LogP contribution in [0.15, 0.2) is 42.5 Å². The van der Waals surface area contributed by atoms with Crippen LogP contribution in [-0.2, 0) is 19.4 Å². The number of halogens is 3. The van der Waals surface area contributed by atoms with Gasteiger partial charge in [-0.05, 0) is 41.7 Å². The lowest BCUT2D eigenvalue weighted by Crippen LogP contribution is -2.19. The Labute approximate surface area is 153 Å². The Balaban J connectivity index is 0.000000855. The van der Waals surface area contributed by atoms with Gasteiger partial charge < -0.3 is 15.2 Å². The third-order valence-electron chi connectivity index (χ3n) is 3.70. The average Bonchev–Trinajstić information content (AvgIpc) is 2.92. The minimum atomic E-state index is -4.75. The Hall–Kier alpha value is -2.21. The van der Waals surface area contributed by atoms with Crippen molar-refractivity contribution in [2.45, 2.75) is 52.1 Å². The van der Waals surface area contributed by atoms with Gasteiger partial charge in [-0.15, -0.1) is 13.2 Å². The van der Waals surface area contributed by atoms with E-state index in [0.717, 1.165) is 18.4 Å². The van der Waals surface area contributed by atoms with Crippen molar-refractivity contribution >= 4 is 0 Å². The Morgan fingerprint density at radius 1 is 1.04 bits per heavy atom. The summed E-state index contributed by atoms with van der Waals surface area (Å²) in [6.45, 7) is 4.42. The normalized spacial score (nSPS) is 15.7. The minimum absolute atomic E-state index is 0. The van der Waals surface area contributed by atoms with Crippen LogP contribution in [0.2, 0.25) is 0 Å². The second kappa shape index (κ2) is 8.94. The summed E-state index contributed by atoms with van der Waals surface area (Å²) < 4.78 is 46.6. The van der Waals surface area contributed by atoms with Crippen LogP contribution in [0.3, 0.4) is 0 Å². The summed E-state index contributed by atoms with van der Waals surface area (Å²) in [5.41, 5.74) is 9.22. The molecular weight excluding hydrogens is 343 g/mol. The molecule has 2 N–H and O–H groups in total. The van der Waals surface area contributed by atoms with Crippen molar-refractivity contribution < 1.29 is 24.1 Å². The molecule has 1 aliphatic rings. The Morgan fingerprint density at radius 2 is 1.65 bits per heavy atom. The molecule has 0 unspecified atom stereocenters. The van der Waals surface area contributed by atoms with Crippen LogP contribution in [0.1, 0.15) is 38.4 Å². The predicted octanol–water partition coefficient (Wildman–Crippen LogP) is 5.25. The fourth-order valence-corrected chi connectivity index (χ4v) is 2.73. The monoisotopic (exact) mass is 369 g/mol. The van der Waals surface area contributed by atoms with E-state index in [1.165, 1.54) is 35.7 Å². The van der Waals surface area contributed by atoms with Crippen molar-refractivity contribution in [1.82, 2.24) is 0 Å². The van der Waals surface area contributed by atoms with Gasteiger partial charge in [-0.2, -0.15) is 0 Å². The summed E-state index contributed by atoms with van der Waals surface area (Å²) in [7, 11) is 0. The van der Waals surface area contributed by atoms with Gasteiger partial charge in [0, 0.05) is 7.47 Å². The summed E-state index contributed by atoms with van der Waals surface area (Å²) in [4.78, 5) is 0. The van der Waals surface area contributed by atoms with Crippen LogP contribution < -0.4 is 15.2 Å². The zero-order valence-electron chi connectivity index (χ0n) is 15.0. The maximum Gasteiger partial charge on any atom is 0.573 e. The molecule has 0 heterocycles. The van der Waals surface area contributed by atoms with E-state index in [1.54, 1.807) is 6.07 Å². The van der Waals surface area contributed by atoms with Crippen LogP contribution in [-0.4, -0.2) is 12.4 Å². The van der Waals surface area contributed by atoms with Crippen molar-refractivity contribution in [1.29, 1.82) is 0 Å². The van der Waals surface area contributed by atoms with Gasteiger partial charge in [-0.1, -0.05) is 50.6 Å². The fourth-order valence-electron chi connectivity index (χ4n) is 2.73. The molecule has 2 aromatic carbocycles. The maximum atomic E-state index is 12.4. The predicted molar refractivity (Wildman–Crippen MR) is 97.4 cm³/mol. The first-order valence-electron chi connectivity index (χ1n) is 8.66. The molecule has 3 nitrogen and oxygen atoms in total. The number of hydrogen-bond donors (Lipinski definition) is 1. The average molecular weight is 369 g/mol. The second-order valence-electron chi connectivity index (χ2n) is 6.26. The lowest BCUT2D eigenvalue weighted by atomic mass is 10.1. The van der Waals surface area contributed by atoms with Gasteiger partial charge in [0.2, 0.25) is 0 Å². The number of ether oxygens (including phenoxy) is 2. The molecule has 0 saturated carbocycles. The van der Waals surface area contributed by atoms with Crippen LogP contribution in [0.5, 0.6) is 11.5 Å². The molecule has 3 rings (SSSR count). The smallest absolute Gasteiger partial charge is 0.485 e. The molecule has 0 spiro atoms. The van der Waals surface area contributed by atoms with E-state index in [4.69, 9.17) is 10.5 Å². The molecular formula is C20H26F3NO2. The number of alkyl halides is 3. The van der Waals surface area contributed by atoms with Crippen LogP contribution >= 0.6 is 0 Å². The topological polar surface area (TPSA) is 44.5 Å². The molecule has 0 fully saturated rings. The van der Waals surface area contributed by atoms with E-state index in [0.29, 0.717) is 0 Å². The Kier molecular flexibility index (Phi) is 6.91. The van der Waals surface area contributed by atoms with Gasteiger partial charge in [-0.3, -0.25) is 0 Å². The SMILES string of the molecule is CCC.N[C@H]1Cc2ccc(COc3ccccc3OC(F)(F)F)cc2C1.[HH]. The summed E-state index contributed by atoms with van der Waals surface area (Å²) in [6, 6.07) is 11.8. The zero-order valence-corrected chi connectivity index (χ0v) is 15.0. The molecule has 2 aromatic rings. The number of fused-ring (bicyclic) bond motifs is 1. The van der Waals surface area contributed by atoms with E-state index in [-0.39, 0.29) is 25.6 Å². The number of para-hydroxylation sites is 2. The van der Waals surface area contributed by atoms with Crippen molar-refractivity contribution in [3.8, 4) is 11.5 Å². The number of benzene rings is 2. The quantitative estimate of drug-likeness (QED) is 0.800. The number of rotatable bonds is 4. The van der Waals surface area contributed by atoms with Crippen molar-refractivity contribution in [3.63, 3.8) is 0 Å². The zero-order chi connectivity index (χ0) is 19.2. The van der Waals surface area contributed by atoms with Gasteiger partial charge >= 0.3 is 6.36 Å². The highest BCUT2D eigenvalue weighted by Crippen LogP contribution is 2.32. The Morgan fingerprint density at radius 3 is 2.31 bits per heavy atom. The first-order chi connectivity index (χ1) is 12.3. The van der Waals surface area contributed by atoms with E-state index in [1.807, 2.05) is 18.2 Å². The van der Waals surface area contributed by atoms with Gasteiger partial charge in [0.1, 0.15) is 6.61 Å². The van der Waals surface area contributed by atoms with Gasteiger partial charge in [-0.25, -0.2) is 0 Å². The van der Waals surface area contributed by atoms with Gasteiger partial charge in [0.25, 0.3) is 0 Å². The van der Waals surface area contributed by atoms with E-state index < -0.39 is 6.36 Å². The first kappa shape index (κ1) is 20.1. The molecule has 0 bridgehead atoms. The third-order valence-corrected chi connectivity index (χ3v) is 3.70. The molecule has 144 valence electrons. The molecule has 1 aliphatic carbocycles. The summed E-state index contributed by atoms with van der Waals surface area (Å²) >= 11 is 0. The van der Waals surface area contributed by atoms with Crippen LogP contribution in [0.4, 0.5) is 13.2 Å². The van der Waals surface area contributed by atoms with Gasteiger partial charge in [0.05, 0.1) is 0 Å². The molecule has 0 aromatic heterocycles. The second-order valence-corrected chi connectivity index (χ2v) is 6.26. The standard InChI is InChI=1S/C17H16F3NO2.C3H8.H2/c18-17(19,20)23-16-4-2-1-3-15(16)22-10-11-5-6-12-8-14(21)9-13(12)7-11;1-3-2;/h1-7,14H,8-10,21H2;3H2,1-2H3;1H/t14-;;/m0../s1. The fraction of sp³-hybridized carbons (Fsp3) is 0.400. The highest BCUT2D eigenvalue weighted by Gasteiger charge is 2.32. The molecule has 1 atom stereocenters. The number of nitrogens with two attached hydrogens (primary N) is 1. The van der Waals surface area contributed by atoms with E-state index in [9.17, 15) is 13.2 Å². The van der Waals surface area contributed by atoms with Crippen LogP contribution in [0, 0.1) is 0 Å². The summed E-state index contributed by atoms with van der Waals surface area (Å²) in [5, 5.41) is 0. The molecule has 0 radical (unpaired) electrons. The highest BCUT2D eigenvalue weighted by atomic mass is 19.4. The molecule has 6 heteroatoms. The molecule has 0 amide bonds. The summed E-state index contributed by atoms with van der Waals surface area (Å²) in [5.74, 6) is -0.287. The van der Waals surface area contributed by atoms with Crippen molar-refractivity contribution in [2.24, 2.45) is 5.73 Å². The largest absolute Gasteiger partial charge is 0.573 e.